The minimum Gasteiger partial charge on any atom is -0.333 e. The average Bonchev–Trinajstić information content (AvgIpc) is 2.08. The van der Waals surface area contributed by atoms with Gasteiger partial charge in [-0.05, 0) is 20.0 Å². The predicted octanol–water partition coefficient (Wildman–Crippen LogP) is 1.59. The van der Waals surface area contributed by atoms with Crippen molar-refractivity contribution in [2.45, 2.75) is 20.0 Å². The summed E-state index contributed by atoms with van der Waals surface area (Å²) in [5.74, 6) is -1.73. The Labute approximate surface area is 94.2 Å². The van der Waals surface area contributed by atoms with Gasteiger partial charge in [-0.1, -0.05) is 13.8 Å². The number of nitrogens with zero attached hydrogens (tertiary/aromatic N) is 2. The number of hydrogen-bond acceptors (Lipinski definition) is 2. The lowest BCUT2D eigenvalue weighted by molar-refractivity contribution is -0.186. The second-order valence-corrected chi connectivity index (χ2v) is 4.45. The third kappa shape index (κ3) is 5.95. The first-order chi connectivity index (χ1) is 7.14. The monoisotopic (exact) mass is 240 g/mol. The standard InChI is InChI=1S/C10H19F3N2O/c1-8(2)7-15(6-5-14(3)4)9(16)10(11,12)13/h8H,5-7H2,1-4H3. The van der Waals surface area contributed by atoms with Crippen molar-refractivity contribution in [3.05, 3.63) is 0 Å². The topological polar surface area (TPSA) is 23.6 Å². The number of alkyl halides is 3. The summed E-state index contributed by atoms with van der Waals surface area (Å²) in [7, 11) is 3.51. The van der Waals surface area contributed by atoms with Gasteiger partial charge in [0.2, 0.25) is 0 Å². The predicted molar refractivity (Wildman–Crippen MR) is 56.0 cm³/mol. The molecule has 0 aliphatic carbocycles. The summed E-state index contributed by atoms with van der Waals surface area (Å²) >= 11 is 0. The Morgan fingerprint density at radius 2 is 1.69 bits per heavy atom. The maximum absolute atomic E-state index is 12.3. The molecule has 0 radical (unpaired) electrons. The average molecular weight is 240 g/mol. The zero-order chi connectivity index (χ0) is 12.9. The second-order valence-electron chi connectivity index (χ2n) is 4.45. The molecule has 3 nitrogen and oxygen atoms in total. The number of carbonyl (C=O) groups excluding carboxylic acids is 1. The van der Waals surface area contributed by atoms with E-state index < -0.39 is 12.1 Å². The van der Waals surface area contributed by atoms with E-state index in [2.05, 4.69) is 0 Å². The van der Waals surface area contributed by atoms with Crippen LogP contribution in [-0.4, -0.2) is 55.6 Å². The molecule has 0 rings (SSSR count). The minimum absolute atomic E-state index is 0.0217. The fourth-order valence-corrected chi connectivity index (χ4v) is 1.22. The van der Waals surface area contributed by atoms with Gasteiger partial charge in [-0.2, -0.15) is 13.2 Å². The first-order valence-corrected chi connectivity index (χ1v) is 5.15. The molecule has 0 aromatic rings. The van der Waals surface area contributed by atoms with Gasteiger partial charge in [0.25, 0.3) is 0 Å². The molecule has 0 N–H and O–H groups in total. The lowest BCUT2D eigenvalue weighted by Gasteiger charge is -2.26. The first-order valence-electron chi connectivity index (χ1n) is 5.15. The molecule has 0 aromatic heterocycles. The molecular formula is C10H19F3N2O. The van der Waals surface area contributed by atoms with Crippen molar-refractivity contribution in [3.63, 3.8) is 0 Å². The molecule has 6 heteroatoms. The number of rotatable bonds is 5. The molecular weight excluding hydrogens is 221 g/mol. The number of halogens is 3. The van der Waals surface area contributed by atoms with Crippen LogP contribution in [0.3, 0.4) is 0 Å². The van der Waals surface area contributed by atoms with Crippen LogP contribution in [0.5, 0.6) is 0 Å². The Hall–Kier alpha value is -0.780. The van der Waals surface area contributed by atoms with Crippen molar-refractivity contribution >= 4 is 5.91 Å². The Balaban J connectivity index is 4.48. The summed E-state index contributed by atoms with van der Waals surface area (Å²) in [6, 6.07) is 0. The van der Waals surface area contributed by atoms with E-state index in [0.29, 0.717) is 6.54 Å². The highest BCUT2D eigenvalue weighted by atomic mass is 19.4. The highest BCUT2D eigenvalue weighted by Crippen LogP contribution is 2.19. The van der Waals surface area contributed by atoms with Crippen molar-refractivity contribution in [2.75, 3.05) is 33.7 Å². The fourth-order valence-electron chi connectivity index (χ4n) is 1.22. The zero-order valence-corrected chi connectivity index (χ0v) is 10.1. The highest BCUT2D eigenvalue weighted by Gasteiger charge is 2.42. The SMILES string of the molecule is CC(C)CN(CCN(C)C)C(=O)C(F)(F)F. The van der Waals surface area contributed by atoms with Gasteiger partial charge < -0.3 is 9.80 Å². The van der Waals surface area contributed by atoms with Crippen LogP contribution >= 0.6 is 0 Å². The van der Waals surface area contributed by atoms with Gasteiger partial charge in [-0.3, -0.25) is 4.79 Å². The second kappa shape index (κ2) is 6.08. The maximum atomic E-state index is 12.3. The van der Waals surface area contributed by atoms with Crippen LogP contribution in [0.4, 0.5) is 13.2 Å². The first kappa shape index (κ1) is 15.2. The van der Waals surface area contributed by atoms with Gasteiger partial charge in [0.15, 0.2) is 0 Å². The van der Waals surface area contributed by atoms with Gasteiger partial charge in [0, 0.05) is 19.6 Å². The third-order valence-electron chi connectivity index (χ3n) is 1.93. The van der Waals surface area contributed by atoms with Crippen molar-refractivity contribution in [3.8, 4) is 0 Å². The zero-order valence-electron chi connectivity index (χ0n) is 10.1. The molecule has 0 bridgehead atoms. The van der Waals surface area contributed by atoms with Crippen LogP contribution in [0.15, 0.2) is 0 Å². The summed E-state index contributed by atoms with van der Waals surface area (Å²) in [5.41, 5.74) is 0. The largest absolute Gasteiger partial charge is 0.471 e. The molecule has 16 heavy (non-hydrogen) atoms. The smallest absolute Gasteiger partial charge is 0.333 e. The highest BCUT2D eigenvalue weighted by molar-refractivity contribution is 5.81. The Morgan fingerprint density at radius 3 is 2.00 bits per heavy atom. The Morgan fingerprint density at radius 1 is 1.19 bits per heavy atom. The van der Waals surface area contributed by atoms with Crippen LogP contribution in [0, 0.1) is 5.92 Å². The molecule has 0 fully saturated rings. The van der Waals surface area contributed by atoms with E-state index in [0.717, 1.165) is 4.90 Å². The molecule has 1 amide bonds. The number of amides is 1. The lowest BCUT2D eigenvalue weighted by atomic mass is 10.2. The molecule has 0 aromatic carbocycles. The number of carbonyl (C=O) groups is 1. The molecule has 0 spiro atoms. The van der Waals surface area contributed by atoms with Crippen LogP contribution in [-0.2, 0) is 4.79 Å². The van der Waals surface area contributed by atoms with E-state index in [1.165, 1.54) is 0 Å². The van der Waals surface area contributed by atoms with Gasteiger partial charge in [-0.25, -0.2) is 0 Å². The summed E-state index contributed by atoms with van der Waals surface area (Å²) in [4.78, 5) is 13.7. The quantitative estimate of drug-likeness (QED) is 0.728. The van der Waals surface area contributed by atoms with Gasteiger partial charge in [0.05, 0.1) is 0 Å². The molecule has 96 valence electrons. The normalized spacial score (nSPS) is 12.3. The van der Waals surface area contributed by atoms with Crippen molar-refractivity contribution in [1.82, 2.24) is 9.80 Å². The maximum Gasteiger partial charge on any atom is 0.471 e. The summed E-state index contributed by atoms with van der Waals surface area (Å²) < 4.78 is 36.8. The van der Waals surface area contributed by atoms with Gasteiger partial charge in [-0.15, -0.1) is 0 Å². The molecule has 0 aliphatic heterocycles. The number of likely N-dealkylation sites (N-methyl/N-ethyl adjacent to an activating group) is 1. The molecule has 0 aliphatic rings. The van der Waals surface area contributed by atoms with Crippen molar-refractivity contribution in [1.29, 1.82) is 0 Å². The molecule has 0 saturated heterocycles. The summed E-state index contributed by atoms with van der Waals surface area (Å²) in [6.45, 7) is 4.23. The van der Waals surface area contributed by atoms with E-state index in [1.54, 1.807) is 32.8 Å². The molecule has 0 atom stereocenters. The summed E-state index contributed by atoms with van der Waals surface area (Å²) in [5, 5.41) is 0. The van der Waals surface area contributed by atoms with Crippen LogP contribution in [0.2, 0.25) is 0 Å². The van der Waals surface area contributed by atoms with E-state index in [4.69, 9.17) is 0 Å². The van der Waals surface area contributed by atoms with Crippen molar-refractivity contribution in [2.24, 2.45) is 5.92 Å². The Kier molecular flexibility index (Phi) is 5.78. The van der Waals surface area contributed by atoms with E-state index in [9.17, 15) is 18.0 Å². The van der Waals surface area contributed by atoms with Crippen molar-refractivity contribution < 1.29 is 18.0 Å². The molecule has 0 unspecified atom stereocenters. The Bertz CT molecular complexity index is 227. The third-order valence-corrected chi connectivity index (χ3v) is 1.93. The van der Waals surface area contributed by atoms with Crippen LogP contribution in [0.1, 0.15) is 13.8 Å². The minimum atomic E-state index is -4.78. The summed E-state index contributed by atoms with van der Waals surface area (Å²) in [6.07, 6.45) is -4.78. The number of hydrogen-bond donors (Lipinski definition) is 0. The fraction of sp³-hybridized carbons (Fsp3) is 0.900. The molecule has 0 saturated carbocycles. The van der Waals surface area contributed by atoms with Gasteiger partial charge in [0.1, 0.15) is 0 Å². The van der Waals surface area contributed by atoms with E-state index in [1.807, 2.05) is 0 Å². The van der Waals surface area contributed by atoms with E-state index in [-0.39, 0.29) is 19.0 Å². The van der Waals surface area contributed by atoms with Crippen LogP contribution < -0.4 is 0 Å². The van der Waals surface area contributed by atoms with Gasteiger partial charge >= 0.3 is 12.1 Å². The lowest BCUT2D eigenvalue weighted by Crippen LogP contribution is -2.45. The van der Waals surface area contributed by atoms with E-state index >= 15 is 0 Å². The molecule has 0 heterocycles. The van der Waals surface area contributed by atoms with Crippen LogP contribution in [0.25, 0.3) is 0 Å².